The van der Waals surface area contributed by atoms with Crippen molar-refractivity contribution in [1.29, 1.82) is 0 Å². The molecule has 0 aromatic heterocycles. The number of ketones is 1. The zero-order valence-corrected chi connectivity index (χ0v) is 12.0. The van der Waals surface area contributed by atoms with E-state index in [0.717, 1.165) is 38.5 Å². The first-order valence-electron chi connectivity index (χ1n) is 7.68. The van der Waals surface area contributed by atoms with Crippen LogP contribution in [0, 0.1) is 11.8 Å². The molecule has 18 heavy (non-hydrogen) atoms. The van der Waals surface area contributed by atoms with E-state index >= 15 is 0 Å². The van der Waals surface area contributed by atoms with Gasteiger partial charge in [0.25, 0.3) is 0 Å². The minimum Gasteiger partial charge on any atom is -0.317 e. The summed E-state index contributed by atoms with van der Waals surface area (Å²) in [6.45, 7) is 8.96. The first-order valence-corrected chi connectivity index (χ1v) is 7.68. The number of Topliss-reactive ketones (excluding diaryl/α,β-unsaturated/α-hetero) is 1. The number of carbonyl (C=O) groups excluding carboxylic acids is 1. The molecule has 2 saturated heterocycles. The average molecular weight is 252 g/mol. The Bertz CT molecular complexity index is 274. The number of rotatable bonds is 3. The van der Waals surface area contributed by atoms with Gasteiger partial charge in [-0.25, -0.2) is 0 Å². The first kappa shape index (κ1) is 14.0. The van der Waals surface area contributed by atoms with Crippen molar-refractivity contribution in [2.24, 2.45) is 11.8 Å². The van der Waals surface area contributed by atoms with Crippen LogP contribution in [0.5, 0.6) is 0 Å². The lowest BCUT2D eigenvalue weighted by molar-refractivity contribution is -0.123. The maximum Gasteiger partial charge on any atom is 0.135 e. The van der Waals surface area contributed by atoms with Gasteiger partial charge in [0.2, 0.25) is 0 Å². The lowest BCUT2D eigenvalue weighted by Gasteiger charge is -2.34. The van der Waals surface area contributed by atoms with Gasteiger partial charge in [0, 0.05) is 24.9 Å². The summed E-state index contributed by atoms with van der Waals surface area (Å²) in [7, 11) is 0. The van der Waals surface area contributed by atoms with Crippen LogP contribution in [0.4, 0.5) is 0 Å². The van der Waals surface area contributed by atoms with Crippen LogP contribution in [0.15, 0.2) is 0 Å². The van der Waals surface area contributed by atoms with E-state index in [2.05, 4.69) is 17.1 Å². The minimum absolute atomic E-state index is 0.330. The van der Waals surface area contributed by atoms with E-state index < -0.39 is 0 Å². The van der Waals surface area contributed by atoms with Crippen molar-refractivity contribution in [1.82, 2.24) is 10.2 Å². The van der Waals surface area contributed by atoms with Gasteiger partial charge in [0.15, 0.2) is 0 Å². The molecule has 2 atom stereocenters. The largest absolute Gasteiger partial charge is 0.317 e. The SMILES string of the molecule is CCC(=O)C1CCN(C2CCNCC2)CC(C)C1. The fraction of sp³-hybridized carbons (Fsp3) is 0.933. The Kier molecular flexibility index (Phi) is 5.19. The van der Waals surface area contributed by atoms with Crippen LogP contribution in [-0.4, -0.2) is 42.9 Å². The van der Waals surface area contributed by atoms with E-state index in [1.807, 2.05) is 6.92 Å². The number of hydrogen-bond donors (Lipinski definition) is 1. The molecule has 0 spiro atoms. The van der Waals surface area contributed by atoms with E-state index in [4.69, 9.17) is 0 Å². The Morgan fingerprint density at radius 1 is 1.28 bits per heavy atom. The zero-order chi connectivity index (χ0) is 13.0. The topological polar surface area (TPSA) is 32.3 Å². The highest BCUT2D eigenvalue weighted by Crippen LogP contribution is 2.26. The number of nitrogens with zero attached hydrogens (tertiary/aromatic N) is 1. The molecule has 2 unspecified atom stereocenters. The van der Waals surface area contributed by atoms with Gasteiger partial charge >= 0.3 is 0 Å². The lowest BCUT2D eigenvalue weighted by atomic mass is 9.90. The van der Waals surface area contributed by atoms with Gasteiger partial charge in [0.1, 0.15) is 5.78 Å². The zero-order valence-electron chi connectivity index (χ0n) is 12.0. The maximum atomic E-state index is 11.9. The number of piperidine rings is 1. The van der Waals surface area contributed by atoms with Crippen molar-refractivity contribution in [3.63, 3.8) is 0 Å². The van der Waals surface area contributed by atoms with Gasteiger partial charge < -0.3 is 10.2 Å². The van der Waals surface area contributed by atoms with Crippen molar-refractivity contribution < 1.29 is 4.79 Å². The summed E-state index contributed by atoms with van der Waals surface area (Å²) in [5, 5.41) is 3.44. The highest BCUT2D eigenvalue weighted by molar-refractivity contribution is 5.80. The number of carbonyl (C=O) groups is 1. The van der Waals surface area contributed by atoms with Gasteiger partial charge in [0.05, 0.1) is 0 Å². The van der Waals surface area contributed by atoms with E-state index in [0.29, 0.717) is 24.0 Å². The van der Waals surface area contributed by atoms with Crippen LogP contribution in [0.2, 0.25) is 0 Å². The second kappa shape index (κ2) is 6.67. The highest BCUT2D eigenvalue weighted by atomic mass is 16.1. The Labute approximate surface area is 111 Å². The first-order chi connectivity index (χ1) is 8.70. The summed E-state index contributed by atoms with van der Waals surface area (Å²) in [6, 6.07) is 0.754. The third kappa shape index (κ3) is 3.55. The molecule has 2 heterocycles. The molecule has 0 aromatic rings. The second-order valence-electron chi connectivity index (χ2n) is 6.12. The summed E-state index contributed by atoms with van der Waals surface area (Å²) in [5.41, 5.74) is 0. The molecule has 0 radical (unpaired) electrons. The third-order valence-electron chi connectivity index (χ3n) is 4.63. The van der Waals surface area contributed by atoms with Crippen LogP contribution in [0.25, 0.3) is 0 Å². The van der Waals surface area contributed by atoms with Gasteiger partial charge in [-0.2, -0.15) is 0 Å². The third-order valence-corrected chi connectivity index (χ3v) is 4.63. The van der Waals surface area contributed by atoms with Crippen LogP contribution in [0.1, 0.15) is 46.0 Å². The molecule has 0 bridgehead atoms. The normalized spacial score (nSPS) is 32.1. The summed E-state index contributed by atoms with van der Waals surface area (Å²) in [5.74, 6) is 1.48. The van der Waals surface area contributed by atoms with Crippen molar-refractivity contribution in [2.45, 2.75) is 52.0 Å². The quantitative estimate of drug-likeness (QED) is 0.834. The second-order valence-corrected chi connectivity index (χ2v) is 6.12. The molecule has 2 rings (SSSR count). The molecular formula is C15H28N2O. The smallest absolute Gasteiger partial charge is 0.135 e. The molecule has 0 aliphatic carbocycles. The molecule has 2 fully saturated rings. The maximum absolute atomic E-state index is 11.9. The molecule has 3 nitrogen and oxygen atoms in total. The fourth-order valence-electron chi connectivity index (χ4n) is 3.58. The number of likely N-dealkylation sites (tertiary alicyclic amines) is 1. The molecule has 0 aromatic carbocycles. The highest BCUT2D eigenvalue weighted by Gasteiger charge is 2.29. The molecule has 1 N–H and O–H groups in total. The molecule has 104 valence electrons. The van der Waals surface area contributed by atoms with Gasteiger partial charge in [-0.1, -0.05) is 13.8 Å². The van der Waals surface area contributed by atoms with Crippen LogP contribution in [0.3, 0.4) is 0 Å². The van der Waals surface area contributed by atoms with Crippen molar-refractivity contribution in [2.75, 3.05) is 26.2 Å². The van der Waals surface area contributed by atoms with E-state index in [9.17, 15) is 4.79 Å². The molecule has 0 amide bonds. The molecule has 2 aliphatic rings. The van der Waals surface area contributed by atoms with Gasteiger partial charge in [-0.05, 0) is 51.2 Å². The van der Waals surface area contributed by atoms with Crippen molar-refractivity contribution >= 4 is 5.78 Å². The standard InChI is InChI=1S/C15H28N2O/c1-3-15(18)13-6-9-17(11-12(2)10-13)14-4-7-16-8-5-14/h12-14,16H,3-11H2,1-2H3. The molecular weight excluding hydrogens is 224 g/mol. The fourth-order valence-corrected chi connectivity index (χ4v) is 3.58. The summed E-state index contributed by atoms with van der Waals surface area (Å²) in [4.78, 5) is 14.6. The average Bonchev–Trinajstić information content (AvgIpc) is 2.61. The monoisotopic (exact) mass is 252 g/mol. The van der Waals surface area contributed by atoms with E-state index in [-0.39, 0.29) is 0 Å². The minimum atomic E-state index is 0.330. The lowest BCUT2D eigenvalue weighted by Crippen LogP contribution is -2.44. The van der Waals surface area contributed by atoms with E-state index in [1.165, 1.54) is 19.4 Å². The number of hydrogen-bond acceptors (Lipinski definition) is 3. The number of nitrogens with one attached hydrogen (secondary N) is 1. The Balaban J connectivity index is 1.92. The van der Waals surface area contributed by atoms with Crippen molar-refractivity contribution in [3.8, 4) is 0 Å². The van der Waals surface area contributed by atoms with Crippen LogP contribution < -0.4 is 5.32 Å². The summed E-state index contributed by atoms with van der Waals surface area (Å²) >= 11 is 0. The predicted octanol–water partition coefficient (Wildman–Crippen LogP) is 2.07. The van der Waals surface area contributed by atoms with E-state index in [1.54, 1.807) is 0 Å². The van der Waals surface area contributed by atoms with Gasteiger partial charge in [-0.15, -0.1) is 0 Å². The Morgan fingerprint density at radius 2 is 2.00 bits per heavy atom. The molecule has 0 saturated carbocycles. The summed E-state index contributed by atoms with van der Waals surface area (Å²) < 4.78 is 0. The predicted molar refractivity (Wildman–Crippen MR) is 74.7 cm³/mol. The molecule has 2 aliphatic heterocycles. The summed E-state index contributed by atoms with van der Waals surface area (Å²) in [6.07, 6.45) is 5.46. The Hall–Kier alpha value is -0.410. The van der Waals surface area contributed by atoms with Crippen LogP contribution >= 0.6 is 0 Å². The van der Waals surface area contributed by atoms with Crippen molar-refractivity contribution in [3.05, 3.63) is 0 Å². The van der Waals surface area contributed by atoms with Gasteiger partial charge in [-0.3, -0.25) is 4.79 Å². The Morgan fingerprint density at radius 3 is 2.67 bits per heavy atom. The molecule has 3 heteroatoms. The van der Waals surface area contributed by atoms with Crippen LogP contribution in [-0.2, 0) is 4.79 Å².